The van der Waals surface area contributed by atoms with Crippen LogP contribution in [-0.4, -0.2) is 5.78 Å². The van der Waals surface area contributed by atoms with Crippen LogP contribution in [-0.2, 0) is 0 Å². The molecule has 1 aliphatic carbocycles. The lowest BCUT2D eigenvalue weighted by atomic mass is 10.1. The highest BCUT2D eigenvalue weighted by molar-refractivity contribution is 9.11. The number of carbonyl (C=O) groups excluding carboxylic acids is 1. The van der Waals surface area contributed by atoms with Gasteiger partial charge in [-0.1, -0.05) is 0 Å². The van der Waals surface area contributed by atoms with Crippen LogP contribution in [0.4, 0.5) is 0 Å². The Labute approximate surface area is 118 Å². The summed E-state index contributed by atoms with van der Waals surface area (Å²) in [5, 5.41) is 0. The highest BCUT2D eigenvalue weighted by atomic mass is 79.9. The second-order valence-corrected chi connectivity index (χ2v) is 8.42. The smallest absolute Gasteiger partial charge is 0.196 e. The minimum absolute atomic E-state index is 0.184. The van der Waals surface area contributed by atoms with E-state index in [1.165, 1.54) is 0 Å². The molecular formula is C11H6Br2OS2. The SMILES string of the molecule is Cc1c(Br)sc2c1C(=O)c1c-2sc(Br)c1C. The maximum Gasteiger partial charge on any atom is 0.196 e. The van der Waals surface area contributed by atoms with E-state index in [-0.39, 0.29) is 5.78 Å². The molecular weight excluding hydrogens is 372 g/mol. The molecule has 0 saturated carbocycles. The number of ketones is 1. The summed E-state index contributed by atoms with van der Waals surface area (Å²) in [6.07, 6.45) is 0. The van der Waals surface area contributed by atoms with Gasteiger partial charge in [0.2, 0.25) is 0 Å². The van der Waals surface area contributed by atoms with Crippen LogP contribution in [0.15, 0.2) is 7.57 Å². The van der Waals surface area contributed by atoms with Crippen molar-refractivity contribution in [1.29, 1.82) is 0 Å². The first kappa shape index (κ1) is 11.1. The molecule has 0 aliphatic heterocycles. The van der Waals surface area contributed by atoms with E-state index in [1.807, 2.05) is 13.8 Å². The van der Waals surface area contributed by atoms with Gasteiger partial charge in [-0.05, 0) is 56.8 Å². The van der Waals surface area contributed by atoms with Crippen LogP contribution in [0.3, 0.4) is 0 Å². The van der Waals surface area contributed by atoms with Crippen molar-refractivity contribution in [3.05, 3.63) is 29.8 Å². The molecule has 0 saturated heterocycles. The molecule has 1 nitrogen and oxygen atoms in total. The predicted molar refractivity (Wildman–Crippen MR) is 75.9 cm³/mol. The summed E-state index contributed by atoms with van der Waals surface area (Å²) in [5.74, 6) is 0.184. The van der Waals surface area contributed by atoms with Gasteiger partial charge >= 0.3 is 0 Å². The molecule has 0 fully saturated rings. The fraction of sp³-hybridized carbons (Fsp3) is 0.182. The number of hydrogen-bond acceptors (Lipinski definition) is 3. The molecule has 0 aromatic carbocycles. The Morgan fingerprint density at radius 1 is 0.875 bits per heavy atom. The second kappa shape index (κ2) is 3.51. The summed E-state index contributed by atoms with van der Waals surface area (Å²) in [6.45, 7) is 4.00. The van der Waals surface area contributed by atoms with E-state index in [0.29, 0.717) is 0 Å². The molecule has 82 valence electrons. The van der Waals surface area contributed by atoms with Crippen LogP contribution in [0.25, 0.3) is 9.75 Å². The minimum atomic E-state index is 0.184. The summed E-state index contributed by atoms with van der Waals surface area (Å²) in [7, 11) is 0. The first-order chi connectivity index (χ1) is 7.52. The Morgan fingerprint density at radius 2 is 1.25 bits per heavy atom. The van der Waals surface area contributed by atoms with E-state index in [1.54, 1.807) is 22.7 Å². The molecule has 0 N–H and O–H groups in total. The molecule has 0 unspecified atom stereocenters. The van der Waals surface area contributed by atoms with Crippen molar-refractivity contribution in [2.45, 2.75) is 13.8 Å². The van der Waals surface area contributed by atoms with Gasteiger partial charge in [-0.25, -0.2) is 0 Å². The van der Waals surface area contributed by atoms with Gasteiger partial charge in [0.15, 0.2) is 5.78 Å². The number of rotatable bonds is 0. The number of fused-ring (bicyclic) bond motifs is 3. The molecule has 16 heavy (non-hydrogen) atoms. The largest absolute Gasteiger partial charge is 0.288 e. The molecule has 2 heterocycles. The standard InChI is InChI=1S/C11H6Br2OS2/c1-3-5-7(14)6-4(2)11(13)16-9(6)8(5)15-10(3)12/h1-2H3. The zero-order valence-electron chi connectivity index (χ0n) is 8.48. The monoisotopic (exact) mass is 376 g/mol. The topological polar surface area (TPSA) is 17.1 Å². The Balaban J connectivity index is 2.41. The molecule has 0 bridgehead atoms. The van der Waals surface area contributed by atoms with Gasteiger partial charge < -0.3 is 0 Å². The zero-order valence-corrected chi connectivity index (χ0v) is 13.3. The maximum atomic E-state index is 12.3. The summed E-state index contributed by atoms with van der Waals surface area (Å²) < 4.78 is 2.14. The van der Waals surface area contributed by atoms with Crippen LogP contribution in [0.2, 0.25) is 0 Å². The molecule has 5 heteroatoms. The molecule has 2 aromatic rings. The van der Waals surface area contributed by atoms with Crippen LogP contribution in [0.5, 0.6) is 0 Å². The van der Waals surface area contributed by atoms with Gasteiger partial charge in [0, 0.05) is 11.1 Å². The summed E-state index contributed by atoms with van der Waals surface area (Å²) in [6, 6.07) is 0. The Bertz CT molecular complexity index is 583. The van der Waals surface area contributed by atoms with Gasteiger partial charge in [0.25, 0.3) is 0 Å². The van der Waals surface area contributed by atoms with Crippen LogP contribution < -0.4 is 0 Å². The lowest BCUT2D eigenvalue weighted by molar-refractivity contribution is 0.104. The van der Waals surface area contributed by atoms with E-state index < -0.39 is 0 Å². The summed E-state index contributed by atoms with van der Waals surface area (Å²) in [4.78, 5) is 14.6. The van der Waals surface area contributed by atoms with Gasteiger partial charge in [-0.2, -0.15) is 0 Å². The van der Waals surface area contributed by atoms with Crippen molar-refractivity contribution in [2.75, 3.05) is 0 Å². The molecule has 0 radical (unpaired) electrons. The number of thiophene rings is 2. The van der Waals surface area contributed by atoms with E-state index in [4.69, 9.17) is 0 Å². The Hall–Kier alpha value is 0.0300. The summed E-state index contributed by atoms with van der Waals surface area (Å²) >= 11 is 10.3. The highest BCUT2D eigenvalue weighted by Gasteiger charge is 2.35. The highest BCUT2D eigenvalue weighted by Crippen LogP contribution is 2.52. The normalized spacial score (nSPS) is 13.1. The molecule has 0 amide bonds. The third-order valence-electron chi connectivity index (χ3n) is 2.84. The van der Waals surface area contributed by atoms with Gasteiger partial charge in [-0.15, -0.1) is 22.7 Å². The average Bonchev–Trinajstić information content (AvgIpc) is 2.76. The van der Waals surface area contributed by atoms with E-state index in [2.05, 4.69) is 31.9 Å². The van der Waals surface area contributed by atoms with Crippen molar-refractivity contribution in [3.63, 3.8) is 0 Å². The van der Waals surface area contributed by atoms with Crippen molar-refractivity contribution in [1.82, 2.24) is 0 Å². The van der Waals surface area contributed by atoms with Gasteiger partial charge in [-0.3, -0.25) is 4.79 Å². The molecule has 1 aliphatic rings. The maximum absolute atomic E-state index is 12.3. The fourth-order valence-electron chi connectivity index (χ4n) is 1.96. The minimum Gasteiger partial charge on any atom is -0.288 e. The quantitative estimate of drug-likeness (QED) is 0.528. The lowest BCUT2D eigenvalue weighted by Gasteiger charge is -1.96. The Morgan fingerprint density at radius 3 is 1.62 bits per heavy atom. The predicted octanol–water partition coefficient (Wildman–Crippen LogP) is 5.16. The van der Waals surface area contributed by atoms with Gasteiger partial charge in [0.05, 0.1) is 17.3 Å². The van der Waals surface area contributed by atoms with E-state index in [0.717, 1.165) is 39.6 Å². The fourth-order valence-corrected chi connectivity index (χ4v) is 5.53. The Kier molecular flexibility index (Phi) is 2.44. The third-order valence-corrected chi connectivity index (χ3v) is 7.32. The van der Waals surface area contributed by atoms with E-state index in [9.17, 15) is 4.79 Å². The first-order valence-electron chi connectivity index (χ1n) is 4.65. The van der Waals surface area contributed by atoms with Gasteiger partial charge in [0.1, 0.15) is 0 Å². The third kappa shape index (κ3) is 1.23. The van der Waals surface area contributed by atoms with Crippen LogP contribution in [0, 0.1) is 13.8 Å². The molecule has 0 atom stereocenters. The van der Waals surface area contributed by atoms with Crippen LogP contribution >= 0.6 is 54.5 Å². The number of hydrogen-bond donors (Lipinski definition) is 0. The molecule has 0 spiro atoms. The van der Waals surface area contributed by atoms with Crippen LogP contribution in [0.1, 0.15) is 27.0 Å². The van der Waals surface area contributed by atoms with Crippen molar-refractivity contribution < 1.29 is 4.79 Å². The molecule has 2 aromatic heterocycles. The lowest BCUT2D eigenvalue weighted by Crippen LogP contribution is -1.97. The van der Waals surface area contributed by atoms with E-state index >= 15 is 0 Å². The van der Waals surface area contributed by atoms with Crippen molar-refractivity contribution >= 4 is 60.3 Å². The number of halogens is 2. The van der Waals surface area contributed by atoms with Crippen molar-refractivity contribution in [2.24, 2.45) is 0 Å². The first-order valence-corrected chi connectivity index (χ1v) is 7.87. The molecule has 3 rings (SSSR count). The van der Waals surface area contributed by atoms with Crippen molar-refractivity contribution in [3.8, 4) is 9.75 Å². The zero-order chi connectivity index (χ0) is 11.6. The average molecular weight is 378 g/mol. The number of carbonyl (C=O) groups is 1. The second-order valence-electron chi connectivity index (χ2n) is 3.74. The summed E-state index contributed by atoms with van der Waals surface area (Å²) in [5.41, 5.74) is 3.94.